The molecule has 0 aliphatic carbocycles. The number of hydrogen-bond acceptors (Lipinski definition) is 4. The van der Waals surface area contributed by atoms with Crippen molar-refractivity contribution in [3.05, 3.63) is 45.4 Å². The number of anilines is 1. The lowest BCUT2D eigenvalue weighted by Crippen LogP contribution is -2.19. The Morgan fingerprint density at radius 2 is 2.05 bits per heavy atom. The second-order valence-corrected chi connectivity index (χ2v) is 5.82. The highest BCUT2D eigenvalue weighted by atomic mass is 32.1. The van der Waals surface area contributed by atoms with Gasteiger partial charge in [-0.2, -0.15) is 13.2 Å². The zero-order valence-electron chi connectivity index (χ0n) is 11.7. The topological polar surface area (TPSA) is 42.2 Å². The Hall–Kier alpha value is -1.60. The van der Waals surface area contributed by atoms with E-state index in [9.17, 15) is 13.2 Å². The molecule has 0 saturated heterocycles. The number of aryl methyl sites for hydroxylation is 1. The van der Waals surface area contributed by atoms with E-state index in [1.807, 2.05) is 12.3 Å². The molecule has 0 aliphatic rings. The van der Waals surface area contributed by atoms with E-state index in [2.05, 4.69) is 4.98 Å². The number of halogens is 3. The van der Waals surface area contributed by atoms with Crippen molar-refractivity contribution in [1.29, 1.82) is 0 Å². The summed E-state index contributed by atoms with van der Waals surface area (Å²) in [5, 5.41) is 2.85. The normalized spacial score (nSPS) is 11.7. The quantitative estimate of drug-likeness (QED) is 0.938. The van der Waals surface area contributed by atoms with Gasteiger partial charge in [0.2, 0.25) is 0 Å². The summed E-state index contributed by atoms with van der Waals surface area (Å²) in [6.45, 7) is 2.22. The summed E-state index contributed by atoms with van der Waals surface area (Å²) in [5.74, 6) is 0. The van der Waals surface area contributed by atoms with Crippen LogP contribution >= 0.6 is 11.3 Å². The Labute approximate surface area is 125 Å². The molecule has 0 saturated carbocycles. The Balaban J connectivity index is 2.27. The largest absolute Gasteiger partial charge is 0.416 e. The average molecular weight is 315 g/mol. The molecule has 0 amide bonds. The third kappa shape index (κ3) is 3.74. The Bertz CT molecular complexity index is 622. The van der Waals surface area contributed by atoms with Crippen molar-refractivity contribution in [2.45, 2.75) is 26.2 Å². The van der Waals surface area contributed by atoms with E-state index in [1.165, 1.54) is 17.4 Å². The number of benzene rings is 1. The highest BCUT2D eigenvalue weighted by molar-refractivity contribution is 7.09. The van der Waals surface area contributed by atoms with Gasteiger partial charge < -0.3 is 10.6 Å². The van der Waals surface area contributed by atoms with Crippen molar-refractivity contribution in [2.75, 3.05) is 11.9 Å². The summed E-state index contributed by atoms with van der Waals surface area (Å²) < 4.78 is 39.1. The summed E-state index contributed by atoms with van der Waals surface area (Å²) in [6, 6.07) is 4.22. The number of nitrogens with zero attached hydrogens (tertiary/aromatic N) is 2. The lowest BCUT2D eigenvalue weighted by atomic mass is 10.1. The number of rotatable bonds is 4. The van der Waals surface area contributed by atoms with E-state index in [1.54, 1.807) is 18.0 Å². The molecule has 0 aliphatic heterocycles. The van der Waals surface area contributed by atoms with Crippen LogP contribution in [0.3, 0.4) is 0 Å². The first-order valence-electron chi connectivity index (χ1n) is 6.33. The third-order valence-corrected chi connectivity index (χ3v) is 3.95. The maximum atomic E-state index is 13.0. The minimum absolute atomic E-state index is 0.101. The van der Waals surface area contributed by atoms with Crippen molar-refractivity contribution in [3.8, 4) is 0 Å². The van der Waals surface area contributed by atoms with Crippen LogP contribution in [-0.2, 0) is 19.3 Å². The molecule has 1 aromatic carbocycles. The van der Waals surface area contributed by atoms with Gasteiger partial charge >= 0.3 is 6.18 Å². The van der Waals surface area contributed by atoms with Crippen molar-refractivity contribution in [3.63, 3.8) is 0 Å². The van der Waals surface area contributed by atoms with Gasteiger partial charge in [-0.05, 0) is 24.6 Å². The first-order chi connectivity index (χ1) is 9.81. The molecular formula is C14H16F3N3S. The van der Waals surface area contributed by atoms with E-state index in [4.69, 9.17) is 5.73 Å². The molecule has 1 heterocycles. The monoisotopic (exact) mass is 315 g/mol. The van der Waals surface area contributed by atoms with Gasteiger partial charge in [0.05, 0.1) is 22.8 Å². The van der Waals surface area contributed by atoms with E-state index in [0.29, 0.717) is 12.2 Å². The summed E-state index contributed by atoms with van der Waals surface area (Å²) in [5.41, 5.74) is 6.14. The molecule has 0 unspecified atom stereocenters. The molecule has 0 bridgehead atoms. The molecule has 2 rings (SSSR count). The smallest absolute Gasteiger partial charge is 0.369 e. The van der Waals surface area contributed by atoms with Gasteiger partial charge in [0.25, 0.3) is 0 Å². The maximum Gasteiger partial charge on any atom is 0.416 e. The minimum atomic E-state index is -4.40. The number of nitrogens with two attached hydrogens (primary N) is 1. The first-order valence-corrected chi connectivity index (χ1v) is 7.21. The van der Waals surface area contributed by atoms with Gasteiger partial charge in [-0.25, -0.2) is 4.98 Å². The molecule has 114 valence electrons. The van der Waals surface area contributed by atoms with Gasteiger partial charge in [0.15, 0.2) is 0 Å². The molecule has 0 atom stereocenters. The second kappa shape index (κ2) is 6.03. The summed E-state index contributed by atoms with van der Waals surface area (Å²) in [4.78, 5) is 6.06. The van der Waals surface area contributed by atoms with Crippen LogP contribution in [0.15, 0.2) is 23.6 Å². The lowest BCUT2D eigenvalue weighted by molar-refractivity contribution is -0.138. The molecule has 2 N–H and O–H groups in total. The first kappa shape index (κ1) is 15.8. The van der Waals surface area contributed by atoms with Gasteiger partial charge in [0.1, 0.15) is 0 Å². The Morgan fingerprint density at radius 1 is 1.33 bits per heavy atom. The fraction of sp³-hybridized carbons (Fsp3) is 0.357. The number of hydrogen-bond donors (Lipinski definition) is 1. The summed E-state index contributed by atoms with van der Waals surface area (Å²) in [6.07, 6.45) is -4.40. The minimum Gasteiger partial charge on any atom is -0.369 e. The fourth-order valence-electron chi connectivity index (χ4n) is 2.06. The molecule has 21 heavy (non-hydrogen) atoms. The van der Waals surface area contributed by atoms with Crippen LogP contribution < -0.4 is 10.6 Å². The number of thiazole rings is 1. The van der Waals surface area contributed by atoms with E-state index >= 15 is 0 Å². The van der Waals surface area contributed by atoms with Gasteiger partial charge in [-0.3, -0.25) is 0 Å². The molecular weight excluding hydrogens is 299 g/mol. The van der Waals surface area contributed by atoms with Crippen LogP contribution in [0.1, 0.15) is 21.8 Å². The highest BCUT2D eigenvalue weighted by Crippen LogP contribution is 2.34. The summed E-state index contributed by atoms with van der Waals surface area (Å²) in [7, 11) is 1.74. The second-order valence-electron chi connectivity index (χ2n) is 4.76. The van der Waals surface area contributed by atoms with Crippen LogP contribution in [0, 0.1) is 6.92 Å². The Kier molecular flexibility index (Phi) is 4.53. The zero-order chi connectivity index (χ0) is 15.6. The standard InChI is InChI=1S/C14H16F3N3S/c1-9-19-11(8-21-9)7-20(2)12-4-3-10(6-18)13(5-12)14(15,16)17/h3-5,8H,6-7,18H2,1-2H3. The maximum absolute atomic E-state index is 13.0. The predicted molar refractivity (Wildman–Crippen MR) is 78.3 cm³/mol. The molecule has 3 nitrogen and oxygen atoms in total. The van der Waals surface area contributed by atoms with Crippen molar-refractivity contribution < 1.29 is 13.2 Å². The van der Waals surface area contributed by atoms with E-state index < -0.39 is 11.7 Å². The Morgan fingerprint density at radius 3 is 2.57 bits per heavy atom. The lowest BCUT2D eigenvalue weighted by Gasteiger charge is -2.21. The zero-order valence-corrected chi connectivity index (χ0v) is 12.6. The van der Waals surface area contributed by atoms with E-state index in [0.717, 1.165) is 16.8 Å². The third-order valence-electron chi connectivity index (χ3n) is 3.13. The average Bonchev–Trinajstić information content (AvgIpc) is 2.82. The molecule has 7 heteroatoms. The van der Waals surface area contributed by atoms with Gasteiger partial charge in [-0.1, -0.05) is 6.07 Å². The van der Waals surface area contributed by atoms with Crippen LogP contribution in [0.4, 0.5) is 18.9 Å². The van der Waals surface area contributed by atoms with Crippen LogP contribution in [0.5, 0.6) is 0 Å². The van der Waals surface area contributed by atoms with Crippen LogP contribution in [-0.4, -0.2) is 12.0 Å². The molecule has 0 fully saturated rings. The van der Waals surface area contributed by atoms with Crippen LogP contribution in [0.2, 0.25) is 0 Å². The summed E-state index contributed by atoms with van der Waals surface area (Å²) >= 11 is 1.52. The molecule has 0 radical (unpaired) electrons. The van der Waals surface area contributed by atoms with E-state index in [-0.39, 0.29) is 12.1 Å². The fourth-order valence-corrected chi connectivity index (χ4v) is 2.66. The van der Waals surface area contributed by atoms with Crippen molar-refractivity contribution in [2.24, 2.45) is 5.73 Å². The van der Waals surface area contributed by atoms with Crippen LogP contribution in [0.25, 0.3) is 0 Å². The number of alkyl halides is 3. The highest BCUT2D eigenvalue weighted by Gasteiger charge is 2.33. The molecule has 2 aromatic rings. The predicted octanol–water partition coefficient (Wildman–Crippen LogP) is 3.57. The van der Waals surface area contributed by atoms with Gasteiger partial charge in [-0.15, -0.1) is 11.3 Å². The molecule has 1 aromatic heterocycles. The number of aromatic nitrogens is 1. The van der Waals surface area contributed by atoms with Crippen molar-refractivity contribution in [1.82, 2.24) is 4.98 Å². The SMILES string of the molecule is Cc1nc(CN(C)c2ccc(CN)c(C(F)(F)F)c2)cs1. The van der Waals surface area contributed by atoms with Gasteiger partial charge in [0, 0.05) is 24.7 Å². The van der Waals surface area contributed by atoms with Crippen molar-refractivity contribution >= 4 is 17.0 Å². The molecule has 0 spiro atoms.